The Bertz CT molecular complexity index is 579. The fourth-order valence-electron chi connectivity index (χ4n) is 3.35. The van der Waals surface area contributed by atoms with Gasteiger partial charge in [0.25, 0.3) is 0 Å². The molecule has 6 nitrogen and oxygen atoms in total. The van der Waals surface area contributed by atoms with Crippen molar-refractivity contribution < 1.29 is 9.53 Å². The number of amides is 2. The number of rotatable bonds is 4. The molecule has 138 valence electrons. The Balaban J connectivity index is 1.42. The van der Waals surface area contributed by atoms with E-state index in [-0.39, 0.29) is 6.03 Å². The van der Waals surface area contributed by atoms with Gasteiger partial charge in [0.1, 0.15) is 0 Å². The van der Waals surface area contributed by atoms with E-state index in [2.05, 4.69) is 27.2 Å². The van der Waals surface area contributed by atoms with Gasteiger partial charge in [-0.3, -0.25) is 9.80 Å². The lowest BCUT2D eigenvalue weighted by Crippen LogP contribution is -2.51. The first-order chi connectivity index (χ1) is 12.1. The van der Waals surface area contributed by atoms with Crippen molar-refractivity contribution in [3.8, 4) is 0 Å². The van der Waals surface area contributed by atoms with Gasteiger partial charge in [0.05, 0.1) is 13.2 Å². The highest BCUT2D eigenvalue weighted by Gasteiger charge is 2.22. The van der Waals surface area contributed by atoms with E-state index in [4.69, 9.17) is 4.74 Å². The van der Waals surface area contributed by atoms with Gasteiger partial charge in [-0.15, -0.1) is 0 Å². The van der Waals surface area contributed by atoms with Gasteiger partial charge in [0.2, 0.25) is 0 Å². The molecular formula is C19H30N4O2. The maximum atomic E-state index is 12.5. The standard InChI is InChI=1S/C19H30N4O2/c1-16-3-4-17(2)18(15-16)20-19(24)23-9-7-21(8-10-23)5-6-22-11-13-25-14-12-22/h3-4,15H,5-14H2,1-2H3,(H,20,24). The number of aryl methyl sites for hydroxylation is 2. The third-order valence-electron chi connectivity index (χ3n) is 5.13. The molecule has 6 heteroatoms. The molecule has 0 aliphatic carbocycles. The van der Waals surface area contributed by atoms with Gasteiger partial charge in [-0.1, -0.05) is 12.1 Å². The Hall–Kier alpha value is -1.63. The highest BCUT2D eigenvalue weighted by molar-refractivity contribution is 5.90. The Morgan fingerprint density at radius 1 is 1.00 bits per heavy atom. The number of carbonyl (C=O) groups is 1. The Labute approximate surface area is 150 Å². The topological polar surface area (TPSA) is 48.1 Å². The van der Waals surface area contributed by atoms with Crippen molar-refractivity contribution in [3.63, 3.8) is 0 Å². The van der Waals surface area contributed by atoms with Crippen LogP contribution in [0.3, 0.4) is 0 Å². The number of carbonyl (C=O) groups excluding carboxylic acids is 1. The van der Waals surface area contributed by atoms with Crippen molar-refractivity contribution in [3.05, 3.63) is 29.3 Å². The van der Waals surface area contributed by atoms with E-state index in [1.807, 2.05) is 24.8 Å². The third kappa shape index (κ3) is 5.17. The zero-order chi connectivity index (χ0) is 17.6. The lowest BCUT2D eigenvalue weighted by atomic mass is 10.1. The van der Waals surface area contributed by atoms with Crippen LogP contribution in [0.4, 0.5) is 10.5 Å². The summed E-state index contributed by atoms with van der Waals surface area (Å²) in [5.41, 5.74) is 3.18. The minimum Gasteiger partial charge on any atom is -0.379 e. The van der Waals surface area contributed by atoms with Gasteiger partial charge < -0.3 is 15.0 Å². The van der Waals surface area contributed by atoms with Crippen molar-refractivity contribution in [1.29, 1.82) is 0 Å². The van der Waals surface area contributed by atoms with E-state index < -0.39 is 0 Å². The average Bonchev–Trinajstić information content (AvgIpc) is 2.64. The van der Waals surface area contributed by atoms with Crippen LogP contribution in [0.25, 0.3) is 0 Å². The molecule has 0 spiro atoms. The largest absolute Gasteiger partial charge is 0.379 e. The fraction of sp³-hybridized carbons (Fsp3) is 0.632. The molecule has 1 aromatic carbocycles. The molecular weight excluding hydrogens is 316 g/mol. The van der Waals surface area contributed by atoms with E-state index in [1.54, 1.807) is 0 Å². The molecule has 25 heavy (non-hydrogen) atoms. The summed E-state index contributed by atoms with van der Waals surface area (Å²) in [5.74, 6) is 0. The molecule has 0 saturated carbocycles. The summed E-state index contributed by atoms with van der Waals surface area (Å²) in [5, 5.41) is 3.07. The highest BCUT2D eigenvalue weighted by atomic mass is 16.5. The smallest absolute Gasteiger partial charge is 0.321 e. The summed E-state index contributed by atoms with van der Waals surface area (Å²) in [6, 6.07) is 6.17. The van der Waals surface area contributed by atoms with Gasteiger partial charge in [0.15, 0.2) is 0 Å². The molecule has 2 aliphatic rings. The van der Waals surface area contributed by atoms with Gasteiger partial charge in [-0.05, 0) is 31.0 Å². The molecule has 1 N–H and O–H groups in total. The predicted molar refractivity (Wildman–Crippen MR) is 100 cm³/mol. The summed E-state index contributed by atoms with van der Waals surface area (Å²) in [7, 11) is 0. The Morgan fingerprint density at radius 2 is 1.64 bits per heavy atom. The number of nitrogens with zero attached hydrogens (tertiary/aromatic N) is 3. The molecule has 0 bridgehead atoms. The van der Waals surface area contributed by atoms with Gasteiger partial charge >= 0.3 is 6.03 Å². The molecule has 3 rings (SSSR count). The molecule has 0 atom stereocenters. The van der Waals surface area contributed by atoms with Crippen molar-refractivity contribution in [2.24, 2.45) is 0 Å². The molecule has 2 fully saturated rings. The van der Waals surface area contributed by atoms with Gasteiger partial charge in [-0.25, -0.2) is 4.79 Å². The summed E-state index contributed by atoms with van der Waals surface area (Å²) in [6.07, 6.45) is 0. The zero-order valence-electron chi connectivity index (χ0n) is 15.5. The van der Waals surface area contributed by atoms with Crippen LogP contribution in [0, 0.1) is 13.8 Å². The van der Waals surface area contributed by atoms with Crippen molar-refractivity contribution in [1.82, 2.24) is 14.7 Å². The number of ether oxygens (including phenoxy) is 1. The van der Waals surface area contributed by atoms with E-state index in [1.165, 1.54) is 0 Å². The summed E-state index contributed by atoms with van der Waals surface area (Å²) in [6.45, 7) is 13.5. The van der Waals surface area contributed by atoms with Crippen LogP contribution in [0.15, 0.2) is 18.2 Å². The molecule has 2 saturated heterocycles. The first-order valence-electron chi connectivity index (χ1n) is 9.27. The van der Waals surface area contributed by atoms with Crippen LogP contribution in [0.5, 0.6) is 0 Å². The van der Waals surface area contributed by atoms with Crippen LogP contribution < -0.4 is 5.32 Å². The van der Waals surface area contributed by atoms with Crippen molar-refractivity contribution in [2.75, 3.05) is 70.9 Å². The molecule has 0 unspecified atom stereocenters. The van der Waals surface area contributed by atoms with Crippen LogP contribution >= 0.6 is 0 Å². The maximum Gasteiger partial charge on any atom is 0.321 e. The molecule has 2 aliphatic heterocycles. The molecule has 2 amide bonds. The molecule has 1 aromatic rings. The van der Waals surface area contributed by atoms with E-state index >= 15 is 0 Å². The summed E-state index contributed by atoms with van der Waals surface area (Å²) in [4.78, 5) is 19.4. The number of benzene rings is 1. The zero-order valence-corrected chi connectivity index (χ0v) is 15.5. The lowest BCUT2D eigenvalue weighted by Gasteiger charge is -2.36. The normalized spacial score (nSPS) is 19.8. The second-order valence-electron chi connectivity index (χ2n) is 7.03. The summed E-state index contributed by atoms with van der Waals surface area (Å²) >= 11 is 0. The number of urea groups is 1. The average molecular weight is 346 g/mol. The Kier molecular flexibility index (Phi) is 6.29. The highest BCUT2D eigenvalue weighted by Crippen LogP contribution is 2.17. The number of hydrogen-bond acceptors (Lipinski definition) is 4. The molecule has 0 aromatic heterocycles. The lowest BCUT2D eigenvalue weighted by molar-refractivity contribution is 0.0311. The van der Waals surface area contributed by atoms with E-state index in [0.717, 1.165) is 82.4 Å². The fourth-order valence-corrected chi connectivity index (χ4v) is 3.35. The molecule has 2 heterocycles. The second-order valence-corrected chi connectivity index (χ2v) is 7.03. The Morgan fingerprint density at radius 3 is 2.32 bits per heavy atom. The van der Waals surface area contributed by atoms with Crippen LogP contribution in [0.2, 0.25) is 0 Å². The first-order valence-corrected chi connectivity index (χ1v) is 9.27. The van der Waals surface area contributed by atoms with E-state index in [9.17, 15) is 4.79 Å². The third-order valence-corrected chi connectivity index (χ3v) is 5.13. The number of hydrogen-bond donors (Lipinski definition) is 1. The van der Waals surface area contributed by atoms with Crippen molar-refractivity contribution in [2.45, 2.75) is 13.8 Å². The number of piperazine rings is 1. The van der Waals surface area contributed by atoms with Gasteiger partial charge in [0, 0.05) is 58.0 Å². The summed E-state index contributed by atoms with van der Waals surface area (Å²) < 4.78 is 5.39. The SMILES string of the molecule is Cc1ccc(C)c(NC(=O)N2CCN(CCN3CCOCC3)CC2)c1. The second kappa shape index (κ2) is 8.65. The van der Waals surface area contributed by atoms with Crippen LogP contribution in [-0.4, -0.2) is 86.3 Å². The molecule has 0 radical (unpaired) electrons. The predicted octanol–water partition coefficient (Wildman–Crippen LogP) is 1.79. The monoisotopic (exact) mass is 346 g/mol. The van der Waals surface area contributed by atoms with E-state index in [0.29, 0.717) is 0 Å². The number of anilines is 1. The number of nitrogens with one attached hydrogen (secondary N) is 1. The first kappa shape index (κ1) is 18.2. The minimum atomic E-state index is 0.0153. The van der Waals surface area contributed by atoms with Crippen molar-refractivity contribution >= 4 is 11.7 Å². The van der Waals surface area contributed by atoms with Crippen LogP contribution in [-0.2, 0) is 4.74 Å². The minimum absolute atomic E-state index is 0.0153. The quantitative estimate of drug-likeness (QED) is 0.903. The maximum absolute atomic E-state index is 12.5. The number of morpholine rings is 1. The van der Waals surface area contributed by atoms with Crippen LogP contribution in [0.1, 0.15) is 11.1 Å². The van der Waals surface area contributed by atoms with Gasteiger partial charge in [-0.2, -0.15) is 0 Å².